The summed E-state index contributed by atoms with van der Waals surface area (Å²) < 4.78 is 53.0. The zero-order valence-corrected chi connectivity index (χ0v) is 17.4. The first-order chi connectivity index (χ1) is 13.8. The van der Waals surface area contributed by atoms with Gasteiger partial charge < -0.3 is 5.32 Å². The van der Waals surface area contributed by atoms with Gasteiger partial charge in [-0.2, -0.15) is 4.31 Å². The molecule has 2 N–H and O–H groups in total. The molecule has 1 aliphatic rings. The van der Waals surface area contributed by atoms with Crippen LogP contribution in [0.25, 0.3) is 0 Å². The molecule has 0 aliphatic carbocycles. The Labute approximate surface area is 171 Å². The smallest absolute Gasteiger partial charge is 0.243 e. The van der Waals surface area contributed by atoms with Gasteiger partial charge in [-0.05, 0) is 49.2 Å². The van der Waals surface area contributed by atoms with Crippen molar-refractivity contribution in [3.8, 4) is 0 Å². The van der Waals surface area contributed by atoms with Gasteiger partial charge in [-0.1, -0.05) is 18.2 Å². The van der Waals surface area contributed by atoms with Crippen molar-refractivity contribution in [3.05, 3.63) is 54.6 Å². The molecule has 2 aromatic carbocycles. The predicted octanol–water partition coefficient (Wildman–Crippen LogP) is 1.78. The molecule has 3 rings (SSSR count). The second-order valence-electron chi connectivity index (χ2n) is 6.64. The molecule has 10 heteroatoms. The zero-order chi connectivity index (χ0) is 20.9. The molecule has 1 saturated heterocycles. The van der Waals surface area contributed by atoms with Crippen LogP contribution in [-0.4, -0.2) is 46.7 Å². The van der Waals surface area contributed by atoms with Gasteiger partial charge in [-0.15, -0.1) is 0 Å². The molecule has 0 saturated carbocycles. The van der Waals surface area contributed by atoms with Crippen molar-refractivity contribution in [2.75, 3.05) is 25.0 Å². The Morgan fingerprint density at radius 3 is 2.10 bits per heavy atom. The lowest BCUT2D eigenvalue weighted by atomic mass is 10.3. The molecule has 0 atom stereocenters. The van der Waals surface area contributed by atoms with Crippen LogP contribution < -0.4 is 10.0 Å². The van der Waals surface area contributed by atoms with Crippen molar-refractivity contribution >= 4 is 31.6 Å². The second-order valence-corrected chi connectivity index (χ2v) is 10.3. The number of carbonyl (C=O) groups is 1. The third-order valence-electron chi connectivity index (χ3n) is 4.54. The van der Waals surface area contributed by atoms with E-state index < -0.39 is 20.0 Å². The van der Waals surface area contributed by atoms with E-state index in [9.17, 15) is 21.6 Å². The van der Waals surface area contributed by atoms with E-state index in [2.05, 4.69) is 10.0 Å². The summed E-state index contributed by atoms with van der Waals surface area (Å²) in [5.41, 5.74) is 0.446. The van der Waals surface area contributed by atoms with Crippen molar-refractivity contribution in [1.29, 1.82) is 0 Å². The van der Waals surface area contributed by atoms with E-state index in [1.54, 1.807) is 18.2 Å². The number of benzene rings is 2. The normalized spacial score (nSPS) is 15.3. The van der Waals surface area contributed by atoms with Gasteiger partial charge in [0.05, 0.1) is 9.79 Å². The van der Waals surface area contributed by atoms with Crippen LogP contribution in [0.3, 0.4) is 0 Å². The van der Waals surface area contributed by atoms with Crippen LogP contribution in [0.5, 0.6) is 0 Å². The molecule has 0 spiro atoms. The van der Waals surface area contributed by atoms with E-state index in [4.69, 9.17) is 0 Å². The van der Waals surface area contributed by atoms with E-state index in [1.165, 1.54) is 40.7 Å². The van der Waals surface area contributed by atoms with Crippen LogP contribution in [-0.2, 0) is 24.8 Å². The monoisotopic (exact) mass is 437 g/mol. The van der Waals surface area contributed by atoms with Crippen LogP contribution >= 0.6 is 0 Å². The van der Waals surface area contributed by atoms with Crippen molar-refractivity contribution in [2.24, 2.45) is 0 Å². The van der Waals surface area contributed by atoms with E-state index >= 15 is 0 Å². The highest BCUT2D eigenvalue weighted by molar-refractivity contribution is 7.89. The van der Waals surface area contributed by atoms with Gasteiger partial charge in [-0.3, -0.25) is 4.79 Å². The number of carbonyl (C=O) groups excluding carboxylic acids is 1. The number of nitrogens with one attached hydrogen (secondary N) is 2. The van der Waals surface area contributed by atoms with Crippen molar-refractivity contribution in [1.82, 2.24) is 9.03 Å². The van der Waals surface area contributed by atoms with Crippen LogP contribution in [0, 0.1) is 0 Å². The molecule has 1 aliphatic heterocycles. The standard InChI is InChI=1S/C19H23N3O5S2/c23-19(12-13-20-28(24,25)17-6-2-1-3-7-17)21-16-8-10-18(11-9-16)29(26,27)22-14-4-5-15-22/h1-3,6-11,20H,4-5,12-15H2,(H,21,23). The van der Waals surface area contributed by atoms with Gasteiger partial charge in [0.1, 0.15) is 0 Å². The molecule has 1 heterocycles. The van der Waals surface area contributed by atoms with E-state index in [-0.39, 0.29) is 28.7 Å². The summed E-state index contributed by atoms with van der Waals surface area (Å²) in [5, 5.41) is 2.63. The highest BCUT2D eigenvalue weighted by atomic mass is 32.2. The number of hydrogen-bond acceptors (Lipinski definition) is 5. The predicted molar refractivity (Wildman–Crippen MR) is 109 cm³/mol. The molecule has 156 valence electrons. The maximum Gasteiger partial charge on any atom is 0.243 e. The fraction of sp³-hybridized carbons (Fsp3) is 0.316. The lowest BCUT2D eigenvalue weighted by Gasteiger charge is -2.15. The summed E-state index contributed by atoms with van der Waals surface area (Å²) in [6.07, 6.45) is 1.67. The summed E-state index contributed by atoms with van der Waals surface area (Å²) in [7, 11) is -7.16. The van der Waals surface area contributed by atoms with Gasteiger partial charge >= 0.3 is 0 Å². The van der Waals surface area contributed by atoms with Gasteiger partial charge in [0.15, 0.2) is 0 Å². The van der Waals surface area contributed by atoms with Crippen LogP contribution in [0.4, 0.5) is 5.69 Å². The molecule has 0 unspecified atom stereocenters. The van der Waals surface area contributed by atoms with Gasteiger partial charge in [-0.25, -0.2) is 21.6 Å². The SMILES string of the molecule is O=C(CCNS(=O)(=O)c1ccccc1)Nc1ccc(S(=O)(=O)N2CCCC2)cc1. The molecule has 29 heavy (non-hydrogen) atoms. The average Bonchev–Trinajstić information content (AvgIpc) is 3.25. The first-order valence-electron chi connectivity index (χ1n) is 9.24. The molecular weight excluding hydrogens is 414 g/mol. The van der Waals surface area contributed by atoms with Crippen molar-refractivity contribution in [3.63, 3.8) is 0 Å². The Morgan fingerprint density at radius 1 is 0.862 bits per heavy atom. The molecule has 0 radical (unpaired) electrons. The Kier molecular flexibility index (Phi) is 6.68. The minimum absolute atomic E-state index is 0.0511. The van der Waals surface area contributed by atoms with Crippen molar-refractivity contribution < 1.29 is 21.6 Å². The number of hydrogen-bond donors (Lipinski definition) is 2. The molecule has 0 bridgehead atoms. The Balaban J connectivity index is 1.52. The number of sulfonamides is 2. The van der Waals surface area contributed by atoms with Crippen LogP contribution in [0.2, 0.25) is 0 Å². The van der Waals surface area contributed by atoms with Gasteiger partial charge in [0.2, 0.25) is 26.0 Å². The summed E-state index contributed by atoms with van der Waals surface area (Å²) in [6, 6.07) is 13.9. The molecule has 2 aromatic rings. The third kappa shape index (κ3) is 5.41. The van der Waals surface area contributed by atoms with Crippen molar-refractivity contribution in [2.45, 2.75) is 29.1 Å². The highest BCUT2D eigenvalue weighted by Crippen LogP contribution is 2.22. The number of anilines is 1. The lowest BCUT2D eigenvalue weighted by molar-refractivity contribution is -0.116. The van der Waals surface area contributed by atoms with Gasteiger partial charge in [0, 0.05) is 31.7 Å². The van der Waals surface area contributed by atoms with E-state index in [0.29, 0.717) is 18.8 Å². The minimum atomic E-state index is -3.66. The molecule has 1 amide bonds. The largest absolute Gasteiger partial charge is 0.326 e. The molecular formula is C19H23N3O5S2. The van der Waals surface area contributed by atoms with Gasteiger partial charge in [0.25, 0.3) is 0 Å². The maximum atomic E-state index is 12.5. The number of rotatable bonds is 8. The number of amides is 1. The molecule has 1 fully saturated rings. The minimum Gasteiger partial charge on any atom is -0.326 e. The van der Waals surface area contributed by atoms with E-state index in [1.807, 2.05) is 0 Å². The maximum absolute atomic E-state index is 12.5. The summed E-state index contributed by atoms with van der Waals surface area (Å²) in [6.45, 7) is 1.00. The Hall–Kier alpha value is -2.27. The third-order valence-corrected chi connectivity index (χ3v) is 7.93. The van der Waals surface area contributed by atoms with Crippen LogP contribution in [0.15, 0.2) is 64.4 Å². The molecule has 0 aromatic heterocycles. The quantitative estimate of drug-likeness (QED) is 0.654. The van der Waals surface area contributed by atoms with E-state index in [0.717, 1.165) is 12.8 Å². The lowest BCUT2D eigenvalue weighted by Crippen LogP contribution is -2.28. The Bertz CT molecular complexity index is 1050. The summed E-state index contributed by atoms with van der Waals surface area (Å²) in [5.74, 6) is -0.379. The first kappa shape index (κ1) is 21.4. The highest BCUT2D eigenvalue weighted by Gasteiger charge is 2.26. The first-order valence-corrected chi connectivity index (χ1v) is 12.2. The fourth-order valence-electron chi connectivity index (χ4n) is 2.99. The average molecular weight is 438 g/mol. The van der Waals surface area contributed by atoms with Crippen LogP contribution in [0.1, 0.15) is 19.3 Å². The second kappa shape index (κ2) is 9.04. The summed E-state index contributed by atoms with van der Waals surface area (Å²) in [4.78, 5) is 12.4. The zero-order valence-electron chi connectivity index (χ0n) is 15.7. The Morgan fingerprint density at radius 2 is 1.48 bits per heavy atom. The number of nitrogens with zero attached hydrogens (tertiary/aromatic N) is 1. The molecule has 8 nitrogen and oxygen atoms in total. The fourth-order valence-corrected chi connectivity index (χ4v) is 5.56. The summed E-state index contributed by atoms with van der Waals surface area (Å²) >= 11 is 0. The topological polar surface area (TPSA) is 113 Å².